The molecule has 0 N–H and O–H groups in total. The molecule has 1 heteroatoms. The maximum absolute atomic E-state index is 2.87. The summed E-state index contributed by atoms with van der Waals surface area (Å²) in [6, 6.07) is 0. The highest BCUT2D eigenvalue weighted by atomic mass is 15.1. The summed E-state index contributed by atoms with van der Waals surface area (Å²) >= 11 is 0. The van der Waals surface area contributed by atoms with E-state index in [2.05, 4.69) is 32.6 Å². The van der Waals surface area contributed by atoms with Gasteiger partial charge in [0.1, 0.15) is 0 Å². The summed E-state index contributed by atoms with van der Waals surface area (Å²) in [4.78, 5) is 2.87. The molecule has 0 rings (SSSR count). The van der Waals surface area contributed by atoms with Crippen molar-refractivity contribution in [2.75, 3.05) is 19.6 Å². The normalized spacial score (nSPS) is 11.9. The van der Waals surface area contributed by atoms with Crippen molar-refractivity contribution in [2.45, 2.75) is 285 Å². The second-order valence-electron chi connectivity index (χ2n) is 17.1. The lowest BCUT2D eigenvalue weighted by Crippen LogP contribution is -2.27. The fraction of sp³-hybridized carbons (Fsp3) is 1.00. The lowest BCUT2D eigenvalue weighted by molar-refractivity contribution is 0.254. The van der Waals surface area contributed by atoms with E-state index >= 15 is 0 Å². The Hall–Kier alpha value is -0.0400. The van der Waals surface area contributed by atoms with Crippen LogP contribution in [0.25, 0.3) is 0 Å². The molecule has 1 nitrogen and oxygen atoms in total. The minimum atomic E-state index is 0.887. The topological polar surface area (TPSA) is 3.24 Å². The van der Waals surface area contributed by atoms with E-state index < -0.39 is 0 Å². The summed E-state index contributed by atoms with van der Waals surface area (Å²) in [6.45, 7) is 13.5. The van der Waals surface area contributed by atoms with Gasteiger partial charge in [0.25, 0.3) is 0 Å². The minimum Gasteiger partial charge on any atom is -0.303 e. The van der Waals surface area contributed by atoms with Crippen molar-refractivity contribution in [3.63, 3.8) is 0 Å². The molecule has 0 aromatic carbocycles. The van der Waals surface area contributed by atoms with Gasteiger partial charge < -0.3 is 4.90 Å². The van der Waals surface area contributed by atoms with Gasteiger partial charge in [0, 0.05) is 0 Å². The molecule has 0 aromatic heterocycles. The average molecular weight is 690 g/mol. The Morgan fingerprint density at radius 2 is 0.429 bits per heavy atom. The molecule has 0 saturated carbocycles. The lowest BCUT2D eigenvalue weighted by Gasteiger charge is -2.22. The van der Waals surface area contributed by atoms with Crippen molar-refractivity contribution in [3.8, 4) is 0 Å². The van der Waals surface area contributed by atoms with Gasteiger partial charge in [-0.05, 0) is 44.8 Å². The Labute approximate surface area is 314 Å². The molecule has 0 unspecified atom stereocenters. The monoisotopic (exact) mass is 690 g/mol. The van der Waals surface area contributed by atoms with Crippen LogP contribution in [0.2, 0.25) is 0 Å². The van der Waals surface area contributed by atoms with E-state index in [1.807, 2.05) is 0 Å². The number of nitrogens with zero attached hydrogens (tertiary/aromatic N) is 1. The van der Waals surface area contributed by atoms with Gasteiger partial charge in [-0.2, -0.15) is 0 Å². The summed E-state index contributed by atoms with van der Waals surface area (Å²) in [5.74, 6) is 0.887. The van der Waals surface area contributed by atoms with Gasteiger partial charge in [0.05, 0.1) is 0 Å². The molecule has 0 aliphatic heterocycles. The first-order valence-corrected chi connectivity index (χ1v) is 23.9. The van der Waals surface area contributed by atoms with E-state index in [1.165, 1.54) is 276 Å². The first-order chi connectivity index (χ1) is 24.2. The van der Waals surface area contributed by atoms with Crippen molar-refractivity contribution in [3.05, 3.63) is 0 Å². The Bertz CT molecular complexity index is 521. The molecular weight excluding hydrogens is 591 g/mol. The van der Waals surface area contributed by atoms with Crippen molar-refractivity contribution < 1.29 is 0 Å². The van der Waals surface area contributed by atoms with Gasteiger partial charge in [0.15, 0.2) is 0 Å². The molecule has 0 heterocycles. The summed E-state index contributed by atoms with van der Waals surface area (Å²) in [7, 11) is 0. The zero-order valence-corrected chi connectivity index (χ0v) is 35.4. The third kappa shape index (κ3) is 44.0. The quantitative estimate of drug-likeness (QED) is 0.0576. The van der Waals surface area contributed by atoms with Gasteiger partial charge >= 0.3 is 0 Å². The van der Waals surface area contributed by atoms with E-state index in [9.17, 15) is 0 Å². The van der Waals surface area contributed by atoms with Crippen LogP contribution in [0.3, 0.4) is 0 Å². The second-order valence-corrected chi connectivity index (χ2v) is 17.1. The largest absolute Gasteiger partial charge is 0.303 e. The van der Waals surface area contributed by atoms with Crippen LogP contribution in [-0.2, 0) is 0 Å². The van der Waals surface area contributed by atoms with E-state index in [1.54, 1.807) is 0 Å². The van der Waals surface area contributed by atoms with Crippen LogP contribution in [0.5, 0.6) is 0 Å². The van der Waals surface area contributed by atoms with Crippen molar-refractivity contribution in [2.24, 2.45) is 5.92 Å². The minimum absolute atomic E-state index is 0.887. The maximum Gasteiger partial charge on any atom is -0.00187 e. The molecule has 0 radical (unpaired) electrons. The molecular formula is C48H99N. The van der Waals surface area contributed by atoms with Gasteiger partial charge in [-0.15, -0.1) is 0 Å². The summed E-state index contributed by atoms with van der Waals surface area (Å²) in [5.41, 5.74) is 0. The van der Waals surface area contributed by atoms with Crippen molar-refractivity contribution >= 4 is 0 Å². The zero-order chi connectivity index (χ0) is 35.6. The molecule has 0 spiro atoms. The number of hydrogen-bond donors (Lipinski definition) is 0. The van der Waals surface area contributed by atoms with Gasteiger partial charge in [-0.25, -0.2) is 0 Å². The van der Waals surface area contributed by atoms with Crippen LogP contribution in [0.15, 0.2) is 0 Å². The molecule has 296 valence electrons. The fourth-order valence-corrected chi connectivity index (χ4v) is 7.87. The Kier molecular flexibility index (Phi) is 44.1. The molecule has 0 aliphatic carbocycles. The van der Waals surface area contributed by atoms with E-state index in [0.29, 0.717) is 0 Å². The fourth-order valence-electron chi connectivity index (χ4n) is 7.87. The van der Waals surface area contributed by atoms with Crippen LogP contribution in [0, 0.1) is 5.92 Å². The molecule has 0 fully saturated rings. The van der Waals surface area contributed by atoms with Crippen LogP contribution in [0.1, 0.15) is 285 Å². The molecule has 49 heavy (non-hydrogen) atoms. The molecule has 0 atom stereocenters. The van der Waals surface area contributed by atoms with Crippen LogP contribution in [-0.4, -0.2) is 24.5 Å². The Balaban J connectivity index is 3.92. The van der Waals surface area contributed by atoms with E-state index in [0.717, 1.165) is 5.92 Å². The Morgan fingerprint density at radius 3 is 0.633 bits per heavy atom. The molecule has 0 amide bonds. The Morgan fingerprint density at radius 1 is 0.245 bits per heavy atom. The highest BCUT2D eigenvalue weighted by Gasteiger charge is 2.06. The highest BCUT2D eigenvalue weighted by molar-refractivity contribution is 4.61. The van der Waals surface area contributed by atoms with Crippen LogP contribution in [0.4, 0.5) is 0 Å². The predicted octanol–water partition coefficient (Wildman–Crippen LogP) is 17.6. The highest BCUT2D eigenvalue weighted by Crippen LogP contribution is 2.17. The van der Waals surface area contributed by atoms with Gasteiger partial charge in [0.2, 0.25) is 0 Å². The third-order valence-corrected chi connectivity index (χ3v) is 11.4. The number of rotatable bonds is 44. The maximum atomic E-state index is 2.87. The number of unbranched alkanes of at least 4 members (excludes halogenated alkanes) is 36. The standard InChI is InChI=1S/C48H99N/c1-5-7-9-11-13-15-17-19-21-23-25-29-33-37-41-45-49(47-43-39-35-31-27-28-32-36-40-44-48(3)4)46-42-38-34-30-26-24-22-20-18-16-14-12-10-8-6-2/h48H,5-47H2,1-4H3. The average Bonchev–Trinajstić information content (AvgIpc) is 3.10. The lowest BCUT2D eigenvalue weighted by atomic mass is 10.0. The van der Waals surface area contributed by atoms with Crippen LogP contribution >= 0.6 is 0 Å². The SMILES string of the molecule is CCCCCCCCCCCCCCCCCN(CCCCCCCCCCCCCCCCC)CCCCCCCCCCCC(C)C. The first-order valence-electron chi connectivity index (χ1n) is 23.9. The first kappa shape index (κ1) is 49.0. The van der Waals surface area contributed by atoms with Crippen molar-refractivity contribution in [1.82, 2.24) is 4.90 Å². The van der Waals surface area contributed by atoms with E-state index in [-0.39, 0.29) is 0 Å². The summed E-state index contributed by atoms with van der Waals surface area (Å²) in [5, 5.41) is 0. The second kappa shape index (κ2) is 44.1. The smallest absolute Gasteiger partial charge is 0.00187 e. The van der Waals surface area contributed by atoms with Gasteiger partial charge in [-0.3, -0.25) is 0 Å². The predicted molar refractivity (Wildman–Crippen MR) is 227 cm³/mol. The summed E-state index contributed by atoms with van der Waals surface area (Å²) < 4.78 is 0. The van der Waals surface area contributed by atoms with Gasteiger partial charge in [-0.1, -0.05) is 265 Å². The van der Waals surface area contributed by atoms with E-state index in [4.69, 9.17) is 0 Å². The third-order valence-electron chi connectivity index (χ3n) is 11.4. The molecule has 0 saturated heterocycles. The van der Waals surface area contributed by atoms with Crippen molar-refractivity contribution in [1.29, 1.82) is 0 Å². The van der Waals surface area contributed by atoms with Crippen LogP contribution < -0.4 is 0 Å². The number of hydrogen-bond acceptors (Lipinski definition) is 1. The zero-order valence-electron chi connectivity index (χ0n) is 35.4. The molecule has 0 aromatic rings. The summed E-state index contributed by atoms with van der Waals surface area (Å²) in [6.07, 6.45) is 58.6. The molecule has 0 aliphatic rings. The molecule has 0 bridgehead atoms.